The van der Waals surface area contributed by atoms with Crippen molar-refractivity contribution >= 4 is 17.2 Å². The van der Waals surface area contributed by atoms with E-state index in [2.05, 4.69) is 35.5 Å². The summed E-state index contributed by atoms with van der Waals surface area (Å²) in [6.45, 7) is 0. The average molecular weight is 513 g/mol. The third-order valence-corrected chi connectivity index (χ3v) is 6.02. The van der Waals surface area contributed by atoms with Crippen LogP contribution < -0.4 is 11.5 Å². The van der Waals surface area contributed by atoms with Crippen LogP contribution in [0.4, 0.5) is 11.4 Å². The highest BCUT2D eigenvalue weighted by Gasteiger charge is 2.20. The van der Waals surface area contributed by atoms with Gasteiger partial charge in [-0.3, -0.25) is 4.79 Å². The van der Waals surface area contributed by atoms with Gasteiger partial charge < -0.3 is 11.5 Å². The van der Waals surface area contributed by atoms with E-state index in [1.54, 1.807) is 30.3 Å². The second kappa shape index (κ2) is 12.1. The predicted molar refractivity (Wildman–Crippen MR) is 162 cm³/mol. The number of benzene rings is 5. The zero-order valence-corrected chi connectivity index (χ0v) is 21.6. The van der Waals surface area contributed by atoms with E-state index >= 15 is 0 Å². The van der Waals surface area contributed by atoms with E-state index in [4.69, 9.17) is 11.5 Å². The van der Waals surface area contributed by atoms with Crippen LogP contribution in [-0.4, -0.2) is 5.78 Å². The molecule has 3 nitrogen and oxygen atoms in total. The van der Waals surface area contributed by atoms with Gasteiger partial charge in [0, 0.05) is 50.3 Å². The molecule has 4 N–H and O–H groups in total. The first kappa shape index (κ1) is 25.7. The topological polar surface area (TPSA) is 69.1 Å². The zero-order chi connectivity index (χ0) is 27.7. The van der Waals surface area contributed by atoms with Crippen molar-refractivity contribution in [2.24, 2.45) is 0 Å². The fraction of sp³-hybridized carbons (Fsp3) is 0. The minimum absolute atomic E-state index is 0.257. The van der Waals surface area contributed by atoms with Crippen molar-refractivity contribution in [2.45, 2.75) is 0 Å². The van der Waals surface area contributed by atoms with Crippen molar-refractivity contribution in [2.75, 3.05) is 11.5 Å². The molecule has 0 aliphatic carbocycles. The molecule has 0 amide bonds. The number of ketones is 1. The lowest BCUT2D eigenvalue weighted by molar-refractivity contribution is 0.103. The lowest BCUT2D eigenvalue weighted by Crippen LogP contribution is -2.10. The minimum atomic E-state index is -0.257. The molecule has 5 rings (SSSR count). The van der Waals surface area contributed by atoms with E-state index in [1.807, 2.05) is 91.0 Å². The van der Waals surface area contributed by atoms with Crippen LogP contribution in [0.5, 0.6) is 0 Å². The first-order valence-electron chi connectivity index (χ1n) is 12.7. The second-order valence-electron chi connectivity index (χ2n) is 8.97. The molecule has 0 spiro atoms. The number of carbonyl (C=O) groups excluding carboxylic acids is 1. The highest BCUT2D eigenvalue weighted by Crippen LogP contribution is 2.25. The molecule has 0 radical (unpaired) electrons. The van der Waals surface area contributed by atoms with Gasteiger partial charge in [0.25, 0.3) is 0 Å². The molecular formula is C37H24N2O. The molecule has 0 atom stereocenters. The molecular weight excluding hydrogens is 488 g/mol. The van der Waals surface area contributed by atoms with Crippen LogP contribution >= 0.6 is 0 Å². The molecule has 0 aliphatic rings. The second-order valence-corrected chi connectivity index (χ2v) is 8.97. The van der Waals surface area contributed by atoms with Crippen LogP contribution in [0.2, 0.25) is 0 Å². The molecule has 0 aliphatic heterocycles. The van der Waals surface area contributed by atoms with Gasteiger partial charge in [-0.1, -0.05) is 90.1 Å². The first-order valence-corrected chi connectivity index (χ1v) is 12.7. The third-order valence-electron chi connectivity index (χ3n) is 6.02. The summed E-state index contributed by atoms with van der Waals surface area (Å²) < 4.78 is 0. The number of hydrogen-bond donors (Lipinski definition) is 2. The number of anilines is 2. The molecule has 0 saturated carbocycles. The van der Waals surface area contributed by atoms with Crippen molar-refractivity contribution in [3.05, 3.63) is 166 Å². The maximum atomic E-state index is 14.3. The van der Waals surface area contributed by atoms with E-state index in [0.717, 1.165) is 16.7 Å². The Labute approximate surface area is 234 Å². The predicted octanol–water partition coefficient (Wildman–Crippen LogP) is 6.28. The van der Waals surface area contributed by atoms with E-state index < -0.39 is 0 Å². The van der Waals surface area contributed by atoms with Crippen molar-refractivity contribution in [3.63, 3.8) is 0 Å². The number of nitrogen functional groups attached to an aromatic ring is 2. The van der Waals surface area contributed by atoms with Crippen molar-refractivity contribution in [1.82, 2.24) is 0 Å². The Hall–Kier alpha value is -5.95. The molecule has 40 heavy (non-hydrogen) atoms. The highest BCUT2D eigenvalue weighted by atomic mass is 16.1. The standard InChI is InChI=1S/C37H24N2O/c38-33-22-23-35(30(24-33)19-16-27-10-4-1-5-11-27)37(40)36-31(20-17-28-12-6-2-7-13-28)25-34(39)26-32(36)21-18-29-14-8-3-9-15-29/h1-15,22-26H,38-39H2. The summed E-state index contributed by atoms with van der Waals surface area (Å²) in [6, 6.07) is 37.3. The maximum Gasteiger partial charge on any atom is 0.196 e. The van der Waals surface area contributed by atoms with Crippen molar-refractivity contribution < 1.29 is 4.79 Å². The van der Waals surface area contributed by atoms with Gasteiger partial charge in [-0.25, -0.2) is 0 Å². The van der Waals surface area contributed by atoms with Crippen LogP contribution in [0, 0.1) is 35.5 Å². The summed E-state index contributed by atoms with van der Waals surface area (Å²) in [5.41, 5.74) is 18.1. The van der Waals surface area contributed by atoms with Gasteiger partial charge in [0.1, 0.15) is 0 Å². The third kappa shape index (κ3) is 6.30. The SMILES string of the molecule is Nc1ccc(C(=O)c2c(C#Cc3ccccc3)cc(N)cc2C#Cc2ccccc2)c(C#Cc2ccccc2)c1. The van der Waals surface area contributed by atoms with E-state index in [9.17, 15) is 4.79 Å². The van der Waals surface area contributed by atoms with Gasteiger partial charge in [0.15, 0.2) is 5.78 Å². The fourth-order valence-corrected chi connectivity index (χ4v) is 4.09. The smallest absolute Gasteiger partial charge is 0.196 e. The zero-order valence-electron chi connectivity index (χ0n) is 21.6. The fourth-order valence-electron chi connectivity index (χ4n) is 4.09. The summed E-state index contributed by atoms with van der Waals surface area (Å²) in [7, 11) is 0. The van der Waals surface area contributed by atoms with E-state index in [-0.39, 0.29) is 5.78 Å². The van der Waals surface area contributed by atoms with E-state index in [0.29, 0.717) is 39.2 Å². The van der Waals surface area contributed by atoms with Gasteiger partial charge >= 0.3 is 0 Å². The lowest BCUT2D eigenvalue weighted by Gasteiger charge is -2.11. The molecule has 5 aromatic rings. The summed E-state index contributed by atoms with van der Waals surface area (Å²) in [4.78, 5) is 14.3. The number of hydrogen-bond acceptors (Lipinski definition) is 3. The Morgan fingerprint density at radius 3 is 1.30 bits per heavy atom. The molecule has 5 aromatic carbocycles. The molecule has 0 aromatic heterocycles. The van der Waals surface area contributed by atoms with Crippen LogP contribution in [0.3, 0.4) is 0 Å². The van der Waals surface area contributed by atoms with E-state index in [1.165, 1.54) is 0 Å². The van der Waals surface area contributed by atoms with Gasteiger partial charge in [-0.05, 0) is 66.7 Å². The Morgan fingerprint density at radius 1 is 0.450 bits per heavy atom. The van der Waals surface area contributed by atoms with Crippen molar-refractivity contribution in [3.8, 4) is 35.5 Å². The number of rotatable bonds is 2. The van der Waals surface area contributed by atoms with Crippen LogP contribution in [0.25, 0.3) is 0 Å². The Morgan fingerprint density at radius 2 is 0.850 bits per heavy atom. The molecule has 0 saturated heterocycles. The van der Waals surface area contributed by atoms with Gasteiger partial charge in [-0.2, -0.15) is 0 Å². The number of carbonyl (C=O) groups is 1. The molecule has 0 fully saturated rings. The van der Waals surface area contributed by atoms with Gasteiger partial charge in [0.2, 0.25) is 0 Å². The lowest BCUT2D eigenvalue weighted by atomic mass is 9.90. The normalized spacial score (nSPS) is 9.70. The average Bonchev–Trinajstić information content (AvgIpc) is 2.99. The van der Waals surface area contributed by atoms with Crippen molar-refractivity contribution in [1.29, 1.82) is 0 Å². The van der Waals surface area contributed by atoms with Crippen LogP contribution in [0.1, 0.15) is 49.3 Å². The molecule has 188 valence electrons. The Kier molecular flexibility index (Phi) is 7.75. The maximum absolute atomic E-state index is 14.3. The summed E-state index contributed by atoms with van der Waals surface area (Å²) in [5.74, 6) is 18.7. The highest BCUT2D eigenvalue weighted by molar-refractivity contribution is 6.14. The Bertz CT molecular complexity index is 1800. The largest absolute Gasteiger partial charge is 0.399 e. The summed E-state index contributed by atoms with van der Waals surface area (Å²) in [6.07, 6.45) is 0. The van der Waals surface area contributed by atoms with Gasteiger partial charge in [0.05, 0.1) is 5.56 Å². The summed E-state index contributed by atoms with van der Waals surface area (Å²) in [5, 5.41) is 0. The molecule has 0 bridgehead atoms. The quantitative estimate of drug-likeness (QED) is 0.166. The summed E-state index contributed by atoms with van der Waals surface area (Å²) >= 11 is 0. The van der Waals surface area contributed by atoms with Crippen LogP contribution in [-0.2, 0) is 0 Å². The number of nitrogens with two attached hydrogens (primary N) is 2. The minimum Gasteiger partial charge on any atom is -0.399 e. The monoisotopic (exact) mass is 512 g/mol. The molecule has 0 heterocycles. The Balaban J connectivity index is 1.68. The van der Waals surface area contributed by atoms with Crippen LogP contribution in [0.15, 0.2) is 121 Å². The molecule has 0 unspecified atom stereocenters. The molecule has 3 heteroatoms. The van der Waals surface area contributed by atoms with Gasteiger partial charge in [-0.15, -0.1) is 0 Å². The first-order chi connectivity index (χ1) is 19.6.